The molecule has 0 saturated carbocycles. The topological polar surface area (TPSA) is 42.2 Å². The zero-order valence-corrected chi connectivity index (χ0v) is 12.0. The van der Waals surface area contributed by atoms with Crippen molar-refractivity contribution in [1.29, 1.82) is 0 Å². The Hall–Kier alpha value is -1.16. The maximum Gasteiger partial charge on any atom is 0.124 e. The number of aromatic nitrogens is 1. The molecule has 3 nitrogen and oxygen atoms in total. The van der Waals surface area contributed by atoms with E-state index in [4.69, 9.17) is 18.0 Å². The lowest BCUT2D eigenvalue weighted by molar-refractivity contribution is 0.238. The highest BCUT2D eigenvalue weighted by Gasteiger charge is 2.29. The van der Waals surface area contributed by atoms with Crippen molar-refractivity contribution >= 4 is 22.9 Å². The number of rotatable bonds is 3. The summed E-state index contributed by atoms with van der Waals surface area (Å²) in [4.78, 5) is 7.05. The third-order valence-corrected chi connectivity index (χ3v) is 4.38. The summed E-state index contributed by atoms with van der Waals surface area (Å²) in [5, 5.41) is 0. The van der Waals surface area contributed by atoms with Gasteiger partial charge in [0.25, 0.3) is 0 Å². The molecule has 1 saturated heterocycles. The van der Waals surface area contributed by atoms with Crippen molar-refractivity contribution in [3.8, 4) is 0 Å². The molecule has 1 aromatic rings. The normalized spacial score (nSPS) is 18.7. The van der Waals surface area contributed by atoms with Gasteiger partial charge in [0.2, 0.25) is 0 Å². The van der Waals surface area contributed by atoms with Gasteiger partial charge >= 0.3 is 0 Å². The smallest absolute Gasteiger partial charge is 0.124 e. The fourth-order valence-electron chi connectivity index (χ4n) is 2.48. The molecule has 0 spiro atoms. The first-order chi connectivity index (χ1) is 8.56. The minimum absolute atomic E-state index is 0.384. The number of piperidine rings is 1. The van der Waals surface area contributed by atoms with Gasteiger partial charge in [0.15, 0.2) is 0 Å². The Morgan fingerprint density at radius 2 is 2.17 bits per heavy atom. The molecule has 18 heavy (non-hydrogen) atoms. The van der Waals surface area contributed by atoms with Gasteiger partial charge in [-0.3, -0.25) is 4.98 Å². The zero-order valence-electron chi connectivity index (χ0n) is 11.1. The summed E-state index contributed by atoms with van der Waals surface area (Å²) in [7, 11) is 0. The Morgan fingerprint density at radius 3 is 2.72 bits per heavy atom. The van der Waals surface area contributed by atoms with Crippen LogP contribution in [0.25, 0.3) is 0 Å². The summed E-state index contributed by atoms with van der Waals surface area (Å²) < 4.78 is 0. The second-order valence-electron chi connectivity index (χ2n) is 5.39. The number of nitrogens with two attached hydrogens (primary N) is 1. The van der Waals surface area contributed by atoms with Crippen molar-refractivity contribution in [2.45, 2.75) is 33.1 Å². The van der Waals surface area contributed by atoms with Crippen molar-refractivity contribution in [2.24, 2.45) is 11.1 Å². The van der Waals surface area contributed by atoms with Crippen LogP contribution in [0.4, 0.5) is 5.69 Å². The molecule has 2 N–H and O–H groups in total. The summed E-state index contributed by atoms with van der Waals surface area (Å²) in [5.74, 6) is 0. The van der Waals surface area contributed by atoms with E-state index in [9.17, 15) is 0 Å². The molecule has 1 aromatic heterocycles. The summed E-state index contributed by atoms with van der Waals surface area (Å²) in [6, 6.07) is 4.01. The molecule has 2 heterocycles. The molecule has 0 aliphatic carbocycles. The average molecular weight is 263 g/mol. The molecule has 0 unspecified atom stereocenters. The van der Waals surface area contributed by atoms with E-state index in [0.29, 0.717) is 10.4 Å². The number of hydrogen-bond donors (Lipinski definition) is 1. The quantitative estimate of drug-likeness (QED) is 0.852. The number of thiocarbonyl (C=S) groups is 1. The number of pyridine rings is 1. The third-order valence-electron chi connectivity index (χ3n) is 4.18. The lowest BCUT2D eigenvalue weighted by Crippen LogP contribution is -2.39. The highest BCUT2D eigenvalue weighted by atomic mass is 32.1. The van der Waals surface area contributed by atoms with Crippen LogP contribution in [0.5, 0.6) is 0 Å². The van der Waals surface area contributed by atoms with Crippen molar-refractivity contribution < 1.29 is 0 Å². The molecule has 0 bridgehead atoms. The van der Waals surface area contributed by atoms with Gasteiger partial charge in [-0.15, -0.1) is 0 Å². The summed E-state index contributed by atoms with van der Waals surface area (Å²) in [6.45, 7) is 6.78. The van der Waals surface area contributed by atoms with Crippen LogP contribution >= 0.6 is 12.2 Å². The van der Waals surface area contributed by atoms with Gasteiger partial charge in [0.1, 0.15) is 10.7 Å². The molecule has 0 amide bonds. The summed E-state index contributed by atoms with van der Waals surface area (Å²) in [5.41, 5.74) is 8.07. The van der Waals surface area contributed by atoms with E-state index in [0.717, 1.165) is 24.5 Å². The van der Waals surface area contributed by atoms with E-state index in [1.165, 1.54) is 19.3 Å². The number of anilines is 1. The van der Waals surface area contributed by atoms with Crippen LogP contribution in [0.3, 0.4) is 0 Å². The predicted octanol–water partition coefficient (Wildman–Crippen LogP) is 2.73. The first-order valence-corrected chi connectivity index (χ1v) is 6.96. The van der Waals surface area contributed by atoms with Crippen molar-refractivity contribution in [3.63, 3.8) is 0 Å². The average Bonchev–Trinajstić information content (AvgIpc) is 2.39. The monoisotopic (exact) mass is 263 g/mol. The lowest BCUT2D eigenvalue weighted by atomic mass is 9.78. The molecule has 0 radical (unpaired) electrons. The van der Waals surface area contributed by atoms with Crippen LogP contribution in [-0.4, -0.2) is 23.1 Å². The van der Waals surface area contributed by atoms with Crippen LogP contribution in [-0.2, 0) is 0 Å². The maximum absolute atomic E-state index is 5.74. The Kier molecular flexibility index (Phi) is 3.85. The van der Waals surface area contributed by atoms with E-state index in [2.05, 4.69) is 29.8 Å². The summed E-state index contributed by atoms with van der Waals surface area (Å²) in [6.07, 6.45) is 5.43. The van der Waals surface area contributed by atoms with Crippen LogP contribution < -0.4 is 10.6 Å². The van der Waals surface area contributed by atoms with Gasteiger partial charge in [-0.25, -0.2) is 0 Å². The van der Waals surface area contributed by atoms with Gasteiger partial charge < -0.3 is 10.6 Å². The number of nitrogens with zero attached hydrogens (tertiary/aromatic N) is 2. The van der Waals surface area contributed by atoms with E-state index >= 15 is 0 Å². The molecular weight excluding hydrogens is 242 g/mol. The second-order valence-corrected chi connectivity index (χ2v) is 5.83. The van der Waals surface area contributed by atoms with E-state index in [1.807, 2.05) is 6.07 Å². The maximum atomic E-state index is 5.74. The summed E-state index contributed by atoms with van der Waals surface area (Å²) >= 11 is 5.08. The lowest BCUT2D eigenvalue weighted by Gasteiger charge is -2.40. The zero-order chi connectivity index (χ0) is 13.2. The van der Waals surface area contributed by atoms with E-state index < -0.39 is 0 Å². The van der Waals surface area contributed by atoms with E-state index in [1.54, 1.807) is 6.20 Å². The highest BCUT2D eigenvalue weighted by Crippen LogP contribution is 2.36. The molecule has 4 heteroatoms. The van der Waals surface area contributed by atoms with Crippen LogP contribution in [0.2, 0.25) is 0 Å². The Bertz CT molecular complexity index is 436. The first kappa shape index (κ1) is 13.3. The second kappa shape index (κ2) is 5.22. The van der Waals surface area contributed by atoms with Crippen molar-refractivity contribution in [3.05, 3.63) is 24.0 Å². The minimum Gasteiger partial charge on any atom is -0.388 e. The standard InChI is InChI=1S/C14H21N3S/c1-3-14(2)6-9-17(10-7-14)11-5-4-8-16-12(11)13(15)18/h4-5,8H,3,6-7,9-10H2,1-2H3,(H2,15,18). The highest BCUT2D eigenvalue weighted by molar-refractivity contribution is 7.80. The molecule has 98 valence electrons. The number of hydrogen-bond acceptors (Lipinski definition) is 3. The molecule has 1 aliphatic heterocycles. The molecule has 1 aliphatic rings. The van der Waals surface area contributed by atoms with Crippen LogP contribution in [0.1, 0.15) is 38.8 Å². The third kappa shape index (κ3) is 2.64. The van der Waals surface area contributed by atoms with Crippen LogP contribution in [0, 0.1) is 5.41 Å². The Labute approximate surface area is 114 Å². The Balaban J connectivity index is 2.17. The minimum atomic E-state index is 0.384. The molecule has 2 rings (SSSR count). The van der Waals surface area contributed by atoms with Gasteiger partial charge in [0, 0.05) is 19.3 Å². The van der Waals surface area contributed by atoms with Gasteiger partial charge in [-0.2, -0.15) is 0 Å². The van der Waals surface area contributed by atoms with Gasteiger partial charge in [0.05, 0.1) is 5.69 Å². The predicted molar refractivity (Wildman–Crippen MR) is 80.0 cm³/mol. The fraction of sp³-hybridized carbons (Fsp3) is 0.571. The van der Waals surface area contributed by atoms with Gasteiger partial charge in [-0.1, -0.05) is 32.5 Å². The van der Waals surface area contributed by atoms with E-state index in [-0.39, 0.29) is 0 Å². The molecule has 0 aromatic carbocycles. The largest absolute Gasteiger partial charge is 0.388 e. The SMILES string of the molecule is CCC1(C)CCN(c2cccnc2C(N)=S)CC1. The van der Waals surface area contributed by atoms with Crippen molar-refractivity contribution in [2.75, 3.05) is 18.0 Å². The fourth-order valence-corrected chi connectivity index (χ4v) is 2.64. The van der Waals surface area contributed by atoms with Crippen LogP contribution in [0.15, 0.2) is 18.3 Å². The molecular formula is C14H21N3S. The van der Waals surface area contributed by atoms with Gasteiger partial charge in [-0.05, 0) is 30.4 Å². The Morgan fingerprint density at radius 1 is 1.50 bits per heavy atom. The van der Waals surface area contributed by atoms with Crippen molar-refractivity contribution in [1.82, 2.24) is 4.98 Å². The molecule has 1 fully saturated rings. The first-order valence-electron chi connectivity index (χ1n) is 6.55. The molecule has 0 atom stereocenters.